The maximum atomic E-state index is 13.8. The predicted octanol–water partition coefficient (Wildman–Crippen LogP) is 3.47. The Kier molecular flexibility index (Phi) is 9.05. The van der Waals surface area contributed by atoms with Gasteiger partial charge in [0, 0.05) is 23.4 Å². The van der Waals surface area contributed by atoms with E-state index in [1.54, 1.807) is 45.9 Å². The molecule has 2 rings (SSSR count). The summed E-state index contributed by atoms with van der Waals surface area (Å²) in [6.07, 6.45) is 1.66. The number of aromatic hydroxyl groups is 1. The quantitative estimate of drug-likeness (QED) is 0.427. The van der Waals surface area contributed by atoms with Crippen LogP contribution < -0.4 is 10.6 Å². The fourth-order valence-corrected chi connectivity index (χ4v) is 3.93. The van der Waals surface area contributed by atoms with Crippen molar-refractivity contribution >= 4 is 30.5 Å². The molecule has 0 aromatic heterocycles. The third-order valence-corrected chi connectivity index (χ3v) is 5.78. The molecule has 3 amide bonds. The second kappa shape index (κ2) is 11.1. The Balaban J connectivity index is 2.47. The smallest absolute Gasteiger partial charge is 0.408 e. The molecule has 0 spiro atoms. The Morgan fingerprint density at radius 2 is 1.85 bits per heavy atom. The van der Waals surface area contributed by atoms with E-state index in [2.05, 4.69) is 23.3 Å². The molecule has 1 fully saturated rings. The molecule has 1 saturated carbocycles. The average Bonchev–Trinajstić information content (AvgIpc) is 2.64. The van der Waals surface area contributed by atoms with E-state index in [1.165, 1.54) is 4.90 Å². The van der Waals surface area contributed by atoms with Gasteiger partial charge in [0.2, 0.25) is 11.8 Å². The summed E-state index contributed by atoms with van der Waals surface area (Å²) in [5.41, 5.74) is 0.228. The molecular weight excluding hydrogens is 442 g/mol. The first-order chi connectivity index (χ1) is 15.4. The van der Waals surface area contributed by atoms with Crippen molar-refractivity contribution in [3.05, 3.63) is 29.3 Å². The van der Waals surface area contributed by atoms with Gasteiger partial charge in [0.1, 0.15) is 23.4 Å². The number of aryl methyl sites for hydroxylation is 1. The van der Waals surface area contributed by atoms with Crippen LogP contribution in [0, 0.1) is 6.92 Å². The van der Waals surface area contributed by atoms with E-state index >= 15 is 0 Å². The summed E-state index contributed by atoms with van der Waals surface area (Å²) in [5.74, 6) is -0.827. The zero-order valence-corrected chi connectivity index (χ0v) is 21.2. The molecule has 1 aromatic carbocycles. The molecule has 0 saturated heterocycles. The van der Waals surface area contributed by atoms with Gasteiger partial charge in [-0.05, 0) is 66.4 Å². The van der Waals surface area contributed by atoms with Crippen LogP contribution in [0.2, 0.25) is 0 Å². The van der Waals surface area contributed by atoms with Gasteiger partial charge >= 0.3 is 6.09 Å². The van der Waals surface area contributed by atoms with E-state index in [0.29, 0.717) is 11.1 Å². The van der Waals surface area contributed by atoms with E-state index in [1.807, 2.05) is 13.8 Å². The third-order valence-electron chi connectivity index (χ3n) is 5.42. The van der Waals surface area contributed by atoms with Gasteiger partial charge in [-0.25, -0.2) is 4.79 Å². The SMILES string of the molecule is Cc1cccc(C(C(=O)NC(C)C)N(C(=O)C(CS)NC(=O)OC(C)(C)C)C2CCC2)c1O. The van der Waals surface area contributed by atoms with Gasteiger partial charge in [-0.15, -0.1) is 0 Å². The first-order valence-electron chi connectivity index (χ1n) is 11.4. The summed E-state index contributed by atoms with van der Waals surface area (Å²) < 4.78 is 5.31. The van der Waals surface area contributed by atoms with Gasteiger partial charge in [-0.3, -0.25) is 9.59 Å². The number of phenolic OH excluding ortho intramolecular Hbond substituents is 1. The predicted molar refractivity (Wildman–Crippen MR) is 130 cm³/mol. The number of carbonyl (C=O) groups excluding carboxylic acids is 3. The highest BCUT2D eigenvalue weighted by atomic mass is 32.1. The van der Waals surface area contributed by atoms with Crippen LogP contribution in [0.3, 0.4) is 0 Å². The number of ether oxygens (including phenoxy) is 1. The summed E-state index contributed by atoms with van der Waals surface area (Å²) in [6.45, 7) is 10.6. The lowest BCUT2D eigenvalue weighted by Crippen LogP contribution is -2.58. The number of hydrogen-bond donors (Lipinski definition) is 4. The van der Waals surface area contributed by atoms with Crippen LogP contribution in [-0.4, -0.2) is 57.4 Å². The van der Waals surface area contributed by atoms with Crippen LogP contribution in [0.25, 0.3) is 0 Å². The van der Waals surface area contributed by atoms with Crippen LogP contribution in [0.1, 0.15) is 71.0 Å². The molecule has 184 valence electrons. The number of rotatable bonds is 8. The highest BCUT2D eigenvalue weighted by molar-refractivity contribution is 7.80. The third kappa shape index (κ3) is 7.03. The summed E-state index contributed by atoms with van der Waals surface area (Å²) in [4.78, 5) is 41.0. The zero-order chi connectivity index (χ0) is 24.9. The van der Waals surface area contributed by atoms with Crippen LogP contribution >= 0.6 is 12.6 Å². The largest absolute Gasteiger partial charge is 0.507 e. The molecule has 2 atom stereocenters. The van der Waals surface area contributed by atoms with E-state index in [-0.39, 0.29) is 29.5 Å². The molecule has 1 aliphatic rings. The summed E-state index contributed by atoms with van der Waals surface area (Å²) >= 11 is 4.28. The maximum absolute atomic E-state index is 13.8. The molecule has 0 bridgehead atoms. The minimum Gasteiger partial charge on any atom is -0.507 e. The Morgan fingerprint density at radius 3 is 2.33 bits per heavy atom. The topological polar surface area (TPSA) is 108 Å². The minimum atomic E-state index is -1.05. The monoisotopic (exact) mass is 479 g/mol. The van der Waals surface area contributed by atoms with E-state index in [0.717, 1.165) is 19.3 Å². The summed E-state index contributed by atoms with van der Waals surface area (Å²) in [5, 5.41) is 16.3. The number of hydrogen-bond acceptors (Lipinski definition) is 6. The van der Waals surface area contributed by atoms with Crippen molar-refractivity contribution in [2.24, 2.45) is 0 Å². The van der Waals surface area contributed by atoms with E-state index in [4.69, 9.17) is 4.74 Å². The molecule has 1 aromatic rings. The number of amides is 3. The number of nitrogens with zero attached hydrogens (tertiary/aromatic N) is 1. The van der Waals surface area contributed by atoms with Gasteiger partial charge in [0.15, 0.2) is 0 Å². The van der Waals surface area contributed by atoms with E-state index in [9.17, 15) is 19.5 Å². The van der Waals surface area contributed by atoms with Crippen LogP contribution in [0.5, 0.6) is 5.75 Å². The molecule has 0 heterocycles. The lowest BCUT2D eigenvalue weighted by Gasteiger charge is -2.43. The summed E-state index contributed by atoms with van der Waals surface area (Å²) in [7, 11) is 0. The van der Waals surface area contributed by atoms with Crippen molar-refractivity contribution in [2.75, 3.05) is 5.75 Å². The second-order valence-corrected chi connectivity index (χ2v) is 10.2. The van der Waals surface area contributed by atoms with Gasteiger partial charge in [-0.1, -0.05) is 18.2 Å². The molecule has 3 N–H and O–H groups in total. The van der Waals surface area contributed by atoms with Gasteiger partial charge in [0.05, 0.1) is 0 Å². The molecule has 0 radical (unpaired) electrons. The van der Waals surface area contributed by atoms with Gasteiger partial charge < -0.3 is 25.4 Å². The Morgan fingerprint density at radius 1 is 1.21 bits per heavy atom. The molecule has 8 nitrogen and oxygen atoms in total. The fourth-order valence-electron chi connectivity index (χ4n) is 3.68. The second-order valence-electron chi connectivity index (χ2n) is 9.79. The lowest BCUT2D eigenvalue weighted by molar-refractivity contribution is -0.147. The molecule has 1 aliphatic carbocycles. The molecule has 2 unspecified atom stereocenters. The van der Waals surface area contributed by atoms with Crippen LogP contribution in [0.4, 0.5) is 4.79 Å². The number of nitrogens with one attached hydrogen (secondary N) is 2. The lowest BCUT2D eigenvalue weighted by atomic mass is 9.87. The van der Waals surface area contributed by atoms with Crippen molar-refractivity contribution in [3.8, 4) is 5.75 Å². The molecule has 9 heteroatoms. The Bertz CT molecular complexity index is 864. The van der Waals surface area contributed by atoms with Crippen molar-refractivity contribution in [3.63, 3.8) is 0 Å². The number of alkyl carbamates (subject to hydrolysis) is 1. The van der Waals surface area contributed by atoms with Crippen LogP contribution in [-0.2, 0) is 14.3 Å². The minimum absolute atomic E-state index is 0.0268. The van der Waals surface area contributed by atoms with Crippen molar-refractivity contribution in [2.45, 2.75) is 90.6 Å². The van der Waals surface area contributed by atoms with E-state index < -0.39 is 29.7 Å². The van der Waals surface area contributed by atoms with Crippen molar-refractivity contribution in [1.82, 2.24) is 15.5 Å². The number of thiol groups is 1. The Hall–Kier alpha value is -2.42. The molecule has 0 aliphatic heterocycles. The zero-order valence-electron chi connectivity index (χ0n) is 20.3. The highest BCUT2D eigenvalue weighted by Crippen LogP contribution is 2.37. The summed E-state index contributed by atoms with van der Waals surface area (Å²) in [6, 6.07) is 2.75. The number of phenols is 1. The highest BCUT2D eigenvalue weighted by Gasteiger charge is 2.42. The first kappa shape index (κ1) is 26.8. The van der Waals surface area contributed by atoms with Crippen LogP contribution in [0.15, 0.2) is 18.2 Å². The molecule has 33 heavy (non-hydrogen) atoms. The van der Waals surface area contributed by atoms with Crippen molar-refractivity contribution < 1.29 is 24.2 Å². The number of carbonyl (C=O) groups is 3. The standard InChI is InChI=1S/C24H37N3O5S/c1-14(2)25-21(29)19(17-12-7-9-15(3)20(17)28)27(16-10-8-11-16)22(30)18(13-33)26-23(31)32-24(4,5)6/h7,9,12,14,16,18-19,28,33H,8,10-11,13H2,1-6H3,(H,25,29)(H,26,31). The number of benzene rings is 1. The average molecular weight is 480 g/mol. The van der Waals surface area contributed by atoms with Gasteiger partial charge in [-0.2, -0.15) is 12.6 Å². The van der Waals surface area contributed by atoms with Crippen molar-refractivity contribution in [1.29, 1.82) is 0 Å². The maximum Gasteiger partial charge on any atom is 0.408 e. The fraction of sp³-hybridized carbons (Fsp3) is 0.625. The molecular formula is C24H37N3O5S. The van der Waals surface area contributed by atoms with Gasteiger partial charge in [0.25, 0.3) is 0 Å². The normalized spacial score (nSPS) is 15.9. The number of para-hydroxylation sites is 1. The first-order valence-corrected chi connectivity index (χ1v) is 12.0. The Labute approximate surface area is 201 Å².